The van der Waals surface area contributed by atoms with E-state index in [-0.39, 0.29) is 5.41 Å². The molecule has 1 heteroatoms. The van der Waals surface area contributed by atoms with Crippen molar-refractivity contribution in [2.24, 2.45) is 11.1 Å². The lowest BCUT2D eigenvalue weighted by atomic mass is 9.96. The first kappa shape index (κ1) is 8.28. The van der Waals surface area contributed by atoms with Crippen LogP contribution >= 0.6 is 0 Å². The lowest BCUT2D eigenvalue weighted by Crippen LogP contribution is -1.97. The Kier molecular flexibility index (Phi) is 3.07. The molecule has 0 saturated heterocycles. The highest BCUT2D eigenvalue weighted by atomic mass is 14.5. The molecule has 0 atom stereocenters. The first-order chi connectivity index (χ1) is 4.06. The van der Waals surface area contributed by atoms with Crippen LogP contribution in [0.4, 0.5) is 0 Å². The average Bonchev–Trinajstić information content (AvgIpc) is 1.63. The molecule has 0 aromatic rings. The number of hydrogen-bond donors (Lipinski definition) is 1. The van der Waals surface area contributed by atoms with E-state index < -0.39 is 0 Å². The molecule has 0 aromatic carbocycles. The Labute approximate surface area is 57.3 Å². The van der Waals surface area contributed by atoms with Gasteiger partial charge in [-0.3, -0.25) is 0 Å². The van der Waals surface area contributed by atoms with Gasteiger partial charge in [0.1, 0.15) is 0 Å². The quantitative estimate of drug-likeness (QED) is 0.533. The van der Waals surface area contributed by atoms with Crippen LogP contribution in [0.25, 0.3) is 0 Å². The zero-order valence-corrected chi connectivity index (χ0v) is 6.39. The van der Waals surface area contributed by atoms with Crippen molar-refractivity contribution in [3.63, 3.8) is 0 Å². The molecular weight excluding hydrogens is 110 g/mol. The summed E-state index contributed by atoms with van der Waals surface area (Å²) in [6, 6.07) is 0. The summed E-state index contributed by atoms with van der Waals surface area (Å²) in [7, 11) is 0. The van der Waals surface area contributed by atoms with Gasteiger partial charge in [0.25, 0.3) is 0 Å². The molecule has 0 aliphatic heterocycles. The minimum Gasteiger partial charge on any atom is -0.405 e. The van der Waals surface area contributed by atoms with E-state index in [1.165, 1.54) is 6.20 Å². The molecule has 0 rings (SSSR count). The average molecular weight is 125 g/mol. The third-order valence-corrected chi connectivity index (χ3v) is 0.818. The molecule has 0 radical (unpaired) electrons. The van der Waals surface area contributed by atoms with Gasteiger partial charge in [-0.25, -0.2) is 0 Å². The van der Waals surface area contributed by atoms with Gasteiger partial charge in [0.2, 0.25) is 0 Å². The predicted octanol–water partition coefficient (Wildman–Crippen LogP) is 2.06. The summed E-state index contributed by atoms with van der Waals surface area (Å²) >= 11 is 0. The summed E-state index contributed by atoms with van der Waals surface area (Å²) in [5.41, 5.74) is 5.39. The Morgan fingerprint density at radius 3 is 2.00 bits per heavy atom. The Hall–Kier alpha value is -0.720. The molecule has 0 amide bonds. The lowest BCUT2D eigenvalue weighted by molar-refractivity contribution is 0.544. The van der Waals surface area contributed by atoms with E-state index in [1.807, 2.05) is 12.2 Å². The van der Waals surface area contributed by atoms with E-state index in [9.17, 15) is 0 Å². The second-order valence-electron chi connectivity index (χ2n) is 3.11. The smallest absolute Gasteiger partial charge is 0.00625 e. The Morgan fingerprint density at radius 1 is 1.11 bits per heavy atom. The van der Waals surface area contributed by atoms with Crippen molar-refractivity contribution in [3.8, 4) is 0 Å². The number of rotatable bonds is 1. The zero-order chi connectivity index (χ0) is 7.33. The minimum absolute atomic E-state index is 0.263. The molecule has 0 spiro atoms. The van der Waals surface area contributed by atoms with E-state index in [0.29, 0.717) is 0 Å². The summed E-state index contributed by atoms with van der Waals surface area (Å²) < 4.78 is 0. The molecule has 0 bridgehead atoms. The van der Waals surface area contributed by atoms with Gasteiger partial charge in [-0.1, -0.05) is 32.9 Å². The van der Waals surface area contributed by atoms with E-state index in [1.54, 1.807) is 0 Å². The Balaban J connectivity index is 3.71. The van der Waals surface area contributed by atoms with Crippen molar-refractivity contribution >= 4 is 0 Å². The van der Waals surface area contributed by atoms with Crippen molar-refractivity contribution in [1.29, 1.82) is 0 Å². The molecule has 0 fully saturated rings. The highest BCUT2D eigenvalue weighted by Gasteiger charge is 2.01. The second-order valence-corrected chi connectivity index (χ2v) is 3.11. The zero-order valence-electron chi connectivity index (χ0n) is 6.39. The minimum atomic E-state index is 0.263. The highest BCUT2D eigenvalue weighted by Crippen LogP contribution is 2.13. The third-order valence-electron chi connectivity index (χ3n) is 0.818. The summed E-state index contributed by atoms with van der Waals surface area (Å²) in [4.78, 5) is 0. The van der Waals surface area contributed by atoms with Crippen LogP contribution in [-0.2, 0) is 0 Å². The lowest BCUT2D eigenvalue weighted by Gasteiger charge is -2.09. The van der Waals surface area contributed by atoms with Gasteiger partial charge < -0.3 is 5.73 Å². The molecule has 0 aliphatic carbocycles. The third kappa shape index (κ3) is 7.28. The summed E-state index contributed by atoms with van der Waals surface area (Å²) in [6.45, 7) is 6.44. The van der Waals surface area contributed by atoms with Gasteiger partial charge in [-0.15, -0.1) is 0 Å². The van der Waals surface area contributed by atoms with E-state index in [4.69, 9.17) is 5.73 Å². The van der Waals surface area contributed by atoms with Crippen molar-refractivity contribution in [1.82, 2.24) is 0 Å². The maximum Gasteiger partial charge on any atom is -0.00625 e. The number of hydrogen-bond acceptors (Lipinski definition) is 1. The highest BCUT2D eigenvalue weighted by molar-refractivity contribution is 5.04. The molecular formula is C8H15N. The summed E-state index contributed by atoms with van der Waals surface area (Å²) in [5.74, 6) is 0. The van der Waals surface area contributed by atoms with Crippen molar-refractivity contribution in [2.75, 3.05) is 0 Å². The van der Waals surface area contributed by atoms with Gasteiger partial charge in [-0.05, 0) is 17.7 Å². The predicted molar refractivity (Wildman–Crippen MR) is 41.9 cm³/mol. The normalized spacial score (nSPS) is 13.7. The topological polar surface area (TPSA) is 26.0 Å². The van der Waals surface area contributed by atoms with Crippen LogP contribution in [0, 0.1) is 5.41 Å². The van der Waals surface area contributed by atoms with Gasteiger partial charge in [0.15, 0.2) is 0 Å². The van der Waals surface area contributed by atoms with Crippen LogP contribution in [0.1, 0.15) is 20.8 Å². The second kappa shape index (κ2) is 3.33. The molecule has 0 saturated carbocycles. The molecule has 0 unspecified atom stereocenters. The standard InChI is InChI=1S/C8H15N/c1-8(2,3)6-4-5-7-9/h4-7H,9H2,1-3H3. The fourth-order valence-electron chi connectivity index (χ4n) is 0.408. The van der Waals surface area contributed by atoms with Crippen molar-refractivity contribution in [2.45, 2.75) is 20.8 Å². The maximum absolute atomic E-state index is 5.13. The molecule has 0 aliphatic rings. The molecule has 1 nitrogen and oxygen atoms in total. The number of allylic oxidation sites excluding steroid dienone is 3. The Bertz CT molecular complexity index is 115. The SMILES string of the molecule is CC(C)(C)C=CC=CN. The molecule has 52 valence electrons. The fourth-order valence-corrected chi connectivity index (χ4v) is 0.408. The van der Waals surface area contributed by atoms with Crippen LogP contribution in [0.3, 0.4) is 0 Å². The largest absolute Gasteiger partial charge is 0.405 e. The molecule has 9 heavy (non-hydrogen) atoms. The fraction of sp³-hybridized carbons (Fsp3) is 0.500. The van der Waals surface area contributed by atoms with Crippen LogP contribution in [0.15, 0.2) is 24.4 Å². The van der Waals surface area contributed by atoms with E-state index in [2.05, 4.69) is 26.8 Å². The van der Waals surface area contributed by atoms with Crippen LogP contribution in [-0.4, -0.2) is 0 Å². The van der Waals surface area contributed by atoms with Gasteiger partial charge in [-0.2, -0.15) is 0 Å². The van der Waals surface area contributed by atoms with Crippen molar-refractivity contribution in [3.05, 3.63) is 24.4 Å². The number of nitrogens with two attached hydrogens (primary N) is 1. The van der Waals surface area contributed by atoms with Crippen LogP contribution < -0.4 is 5.73 Å². The Morgan fingerprint density at radius 2 is 1.67 bits per heavy atom. The van der Waals surface area contributed by atoms with E-state index in [0.717, 1.165) is 0 Å². The summed E-state index contributed by atoms with van der Waals surface area (Å²) in [5, 5.41) is 0. The van der Waals surface area contributed by atoms with E-state index >= 15 is 0 Å². The first-order valence-corrected chi connectivity index (χ1v) is 3.12. The molecule has 2 N–H and O–H groups in total. The first-order valence-electron chi connectivity index (χ1n) is 3.12. The van der Waals surface area contributed by atoms with Gasteiger partial charge in [0, 0.05) is 0 Å². The maximum atomic E-state index is 5.13. The van der Waals surface area contributed by atoms with Crippen LogP contribution in [0.5, 0.6) is 0 Å². The van der Waals surface area contributed by atoms with Crippen molar-refractivity contribution < 1.29 is 0 Å². The molecule has 0 aromatic heterocycles. The van der Waals surface area contributed by atoms with Crippen LogP contribution in [0.2, 0.25) is 0 Å². The summed E-state index contributed by atoms with van der Waals surface area (Å²) in [6.07, 6.45) is 7.42. The monoisotopic (exact) mass is 125 g/mol. The molecule has 0 heterocycles. The van der Waals surface area contributed by atoms with Gasteiger partial charge in [0.05, 0.1) is 0 Å². The van der Waals surface area contributed by atoms with Gasteiger partial charge >= 0.3 is 0 Å².